The van der Waals surface area contributed by atoms with Crippen LogP contribution in [0.15, 0.2) is 30.7 Å². The highest BCUT2D eigenvalue weighted by Crippen LogP contribution is 2.30. The molecule has 0 saturated carbocycles. The lowest BCUT2D eigenvalue weighted by Gasteiger charge is -2.31. The number of halogens is 4. The molecule has 3 rings (SSSR count). The summed E-state index contributed by atoms with van der Waals surface area (Å²) < 4.78 is 56.2. The molecule has 1 saturated heterocycles. The van der Waals surface area contributed by atoms with Gasteiger partial charge in [-0.2, -0.15) is 13.2 Å². The SMILES string of the molecule is Fc1cnc(N2CCC(COc3ccnc(C(F)(F)F)c3)CC2)nc1. The molecule has 0 aliphatic carbocycles. The Morgan fingerprint density at radius 3 is 2.44 bits per heavy atom. The van der Waals surface area contributed by atoms with Gasteiger partial charge in [0.2, 0.25) is 5.95 Å². The second-order valence-corrected chi connectivity index (χ2v) is 5.82. The van der Waals surface area contributed by atoms with E-state index in [4.69, 9.17) is 4.74 Å². The molecule has 134 valence electrons. The molecular formula is C16H16F4N4O. The van der Waals surface area contributed by atoms with Crippen LogP contribution in [-0.2, 0) is 6.18 Å². The summed E-state index contributed by atoms with van der Waals surface area (Å²) in [6.45, 7) is 1.70. The van der Waals surface area contributed by atoms with Crippen molar-refractivity contribution < 1.29 is 22.3 Å². The van der Waals surface area contributed by atoms with Crippen molar-refractivity contribution in [2.45, 2.75) is 19.0 Å². The molecule has 0 unspecified atom stereocenters. The van der Waals surface area contributed by atoms with E-state index in [-0.39, 0.29) is 11.7 Å². The number of anilines is 1. The van der Waals surface area contributed by atoms with Crippen LogP contribution in [0.3, 0.4) is 0 Å². The number of rotatable bonds is 4. The minimum Gasteiger partial charge on any atom is -0.493 e. The van der Waals surface area contributed by atoms with Gasteiger partial charge in [0.05, 0.1) is 19.0 Å². The van der Waals surface area contributed by atoms with Crippen molar-refractivity contribution in [1.29, 1.82) is 0 Å². The molecule has 9 heteroatoms. The van der Waals surface area contributed by atoms with Gasteiger partial charge in [-0.1, -0.05) is 0 Å². The summed E-state index contributed by atoms with van der Waals surface area (Å²) in [7, 11) is 0. The van der Waals surface area contributed by atoms with E-state index in [2.05, 4.69) is 15.0 Å². The second-order valence-electron chi connectivity index (χ2n) is 5.82. The highest BCUT2D eigenvalue weighted by atomic mass is 19.4. The summed E-state index contributed by atoms with van der Waals surface area (Å²) in [5.41, 5.74) is -0.965. The molecule has 3 heterocycles. The Bertz CT molecular complexity index is 700. The van der Waals surface area contributed by atoms with Crippen molar-refractivity contribution in [3.63, 3.8) is 0 Å². The fourth-order valence-corrected chi connectivity index (χ4v) is 2.64. The maximum Gasteiger partial charge on any atom is 0.433 e. The molecule has 5 nitrogen and oxygen atoms in total. The first-order valence-corrected chi connectivity index (χ1v) is 7.80. The average Bonchev–Trinajstić information content (AvgIpc) is 2.61. The van der Waals surface area contributed by atoms with Crippen molar-refractivity contribution in [1.82, 2.24) is 15.0 Å². The van der Waals surface area contributed by atoms with E-state index in [0.717, 1.165) is 37.5 Å². The van der Waals surface area contributed by atoms with Crippen LogP contribution in [0.4, 0.5) is 23.5 Å². The summed E-state index contributed by atoms with van der Waals surface area (Å²) >= 11 is 0. The number of hydrogen-bond donors (Lipinski definition) is 0. The summed E-state index contributed by atoms with van der Waals surface area (Å²) in [4.78, 5) is 13.1. The van der Waals surface area contributed by atoms with E-state index in [1.54, 1.807) is 0 Å². The van der Waals surface area contributed by atoms with Gasteiger partial charge in [0.15, 0.2) is 5.82 Å². The summed E-state index contributed by atoms with van der Waals surface area (Å²) in [6.07, 6.45) is 0.431. The third-order valence-corrected chi connectivity index (χ3v) is 4.01. The van der Waals surface area contributed by atoms with Crippen molar-refractivity contribution in [3.8, 4) is 5.75 Å². The first-order valence-electron chi connectivity index (χ1n) is 7.80. The summed E-state index contributed by atoms with van der Waals surface area (Å²) in [5.74, 6) is 0.373. The van der Waals surface area contributed by atoms with E-state index in [0.29, 0.717) is 25.6 Å². The molecule has 0 spiro atoms. The van der Waals surface area contributed by atoms with Gasteiger partial charge in [-0.05, 0) is 24.8 Å². The minimum atomic E-state index is -4.49. The van der Waals surface area contributed by atoms with Gasteiger partial charge >= 0.3 is 6.18 Å². The quantitative estimate of drug-likeness (QED) is 0.787. The number of pyridine rings is 1. The van der Waals surface area contributed by atoms with Crippen LogP contribution in [0.5, 0.6) is 5.75 Å². The number of nitrogens with zero attached hydrogens (tertiary/aromatic N) is 4. The lowest BCUT2D eigenvalue weighted by molar-refractivity contribution is -0.141. The van der Waals surface area contributed by atoms with Crippen molar-refractivity contribution in [2.75, 3.05) is 24.6 Å². The molecule has 0 N–H and O–H groups in total. The van der Waals surface area contributed by atoms with Crippen molar-refractivity contribution in [2.24, 2.45) is 5.92 Å². The van der Waals surface area contributed by atoms with E-state index >= 15 is 0 Å². The zero-order valence-corrected chi connectivity index (χ0v) is 13.2. The van der Waals surface area contributed by atoms with Gasteiger partial charge in [0.25, 0.3) is 0 Å². The van der Waals surface area contributed by atoms with Gasteiger partial charge in [-0.15, -0.1) is 0 Å². The molecular weight excluding hydrogens is 340 g/mol. The molecule has 1 aliphatic rings. The summed E-state index contributed by atoms with van der Waals surface area (Å²) in [6, 6.07) is 2.32. The first kappa shape index (κ1) is 17.4. The van der Waals surface area contributed by atoms with Crippen molar-refractivity contribution >= 4 is 5.95 Å². The normalized spacial score (nSPS) is 16.1. The third kappa shape index (κ3) is 4.55. The average molecular weight is 356 g/mol. The van der Waals surface area contributed by atoms with Gasteiger partial charge < -0.3 is 9.64 Å². The second kappa shape index (κ2) is 7.20. The molecule has 2 aromatic rings. The van der Waals surface area contributed by atoms with Crippen LogP contribution in [-0.4, -0.2) is 34.6 Å². The molecule has 0 bridgehead atoms. The molecule has 25 heavy (non-hydrogen) atoms. The first-order chi connectivity index (χ1) is 11.9. The molecule has 0 atom stereocenters. The lowest BCUT2D eigenvalue weighted by Crippen LogP contribution is -2.36. The zero-order chi connectivity index (χ0) is 17.9. The molecule has 1 aliphatic heterocycles. The highest BCUT2D eigenvalue weighted by molar-refractivity contribution is 5.29. The fourth-order valence-electron chi connectivity index (χ4n) is 2.64. The Morgan fingerprint density at radius 2 is 1.80 bits per heavy atom. The third-order valence-electron chi connectivity index (χ3n) is 4.01. The van der Waals surface area contributed by atoms with Crippen molar-refractivity contribution in [3.05, 3.63) is 42.2 Å². The smallest absolute Gasteiger partial charge is 0.433 e. The van der Waals surface area contributed by atoms with E-state index in [1.165, 1.54) is 6.07 Å². The summed E-state index contributed by atoms with van der Waals surface area (Å²) in [5, 5.41) is 0. The lowest BCUT2D eigenvalue weighted by atomic mass is 9.98. The Kier molecular flexibility index (Phi) is 5.00. The largest absolute Gasteiger partial charge is 0.493 e. The van der Waals surface area contributed by atoms with Gasteiger partial charge in [-0.3, -0.25) is 4.98 Å². The van der Waals surface area contributed by atoms with Crippen LogP contribution >= 0.6 is 0 Å². The van der Waals surface area contributed by atoms with Crippen LogP contribution < -0.4 is 9.64 Å². The van der Waals surface area contributed by atoms with Gasteiger partial charge in [-0.25, -0.2) is 14.4 Å². The van der Waals surface area contributed by atoms with E-state index in [9.17, 15) is 17.6 Å². The van der Waals surface area contributed by atoms with Crippen LogP contribution in [0.1, 0.15) is 18.5 Å². The highest BCUT2D eigenvalue weighted by Gasteiger charge is 2.32. The predicted molar refractivity (Wildman–Crippen MR) is 81.7 cm³/mol. The van der Waals surface area contributed by atoms with E-state index < -0.39 is 17.7 Å². The molecule has 1 fully saturated rings. The maximum atomic E-state index is 12.8. The molecule has 0 amide bonds. The maximum absolute atomic E-state index is 12.8. The Balaban J connectivity index is 1.50. The molecule has 2 aromatic heterocycles. The Hall–Kier alpha value is -2.45. The van der Waals surface area contributed by atoms with Gasteiger partial charge in [0, 0.05) is 25.4 Å². The zero-order valence-electron chi connectivity index (χ0n) is 13.2. The number of hydrogen-bond acceptors (Lipinski definition) is 5. The fraction of sp³-hybridized carbons (Fsp3) is 0.438. The standard InChI is InChI=1S/C16H16F4N4O/c17-12-8-22-15(23-9-12)24-5-2-11(3-6-24)10-25-13-1-4-21-14(7-13)16(18,19)20/h1,4,7-9,11H,2-3,5-6,10H2. The van der Waals surface area contributed by atoms with Crippen LogP contribution in [0, 0.1) is 11.7 Å². The number of aromatic nitrogens is 3. The Morgan fingerprint density at radius 1 is 1.12 bits per heavy atom. The monoisotopic (exact) mass is 356 g/mol. The molecule has 0 aromatic carbocycles. The number of ether oxygens (including phenoxy) is 1. The van der Waals surface area contributed by atoms with Crippen LogP contribution in [0.25, 0.3) is 0 Å². The number of piperidine rings is 1. The van der Waals surface area contributed by atoms with Gasteiger partial charge in [0.1, 0.15) is 11.4 Å². The van der Waals surface area contributed by atoms with Crippen LogP contribution in [0.2, 0.25) is 0 Å². The topological polar surface area (TPSA) is 51.1 Å². The minimum absolute atomic E-state index is 0.159. The predicted octanol–water partition coefficient (Wildman–Crippen LogP) is 3.32. The molecule has 0 radical (unpaired) electrons. The Labute approximate surface area is 141 Å². The van der Waals surface area contributed by atoms with E-state index in [1.807, 2.05) is 4.90 Å². The number of alkyl halides is 3.